The lowest BCUT2D eigenvalue weighted by molar-refractivity contribution is 0.624. The molecular weight excluding hydrogens is 760 g/mol. The van der Waals surface area contributed by atoms with E-state index in [2.05, 4.69) is 4.85 Å². The summed E-state index contributed by atoms with van der Waals surface area (Å²) in [6.45, 7) is 7.48. The van der Waals surface area contributed by atoms with E-state index in [4.69, 9.17) is 21.5 Å². The van der Waals surface area contributed by atoms with Gasteiger partial charge in [-0.05, 0) is 78.9 Å². The summed E-state index contributed by atoms with van der Waals surface area (Å²) in [4.78, 5) is 19.2. The van der Waals surface area contributed by atoms with Gasteiger partial charge in [0, 0.05) is 33.8 Å². The van der Waals surface area contributed by atoms with E-state index in [9.17, 15) is 10.5 Å². The Hall–Kier alpha value is -8.79. The van der Waals surface area contributed by atoms with E-state index in [1.54, 1.807) is 18.2 Å². The number of halogens is 3. The molecule has 0 saturated carbocycles. The number of rotatable bonds is 6. The van der Waals surface area contributed by atoms with Crippen LogP contribution in [0.1, 0.15) is 11.1 Å². The Morgan fingerprint density at radius 2 is 0.783 bits per heavy atom. The Bertz CT molecular complexity index is 3100. The highest BCUT2D eigenvalue weighted by atomic mass is 19.1. The lowest BCUT2D eigenvalue weighted by Crippen LogP contribution is -2.00. The minimum absolute atomic E-state index is 0.130. The van der Waals surface area contributed by atoms with Crippen molar-refractivity contribution < 1.29 is 13.2 Å². The second-order valence-electron chi connectivity index (χ2n) is 13.8. The molecule has 0 saturated heterocycles. The molecule has 0 aliphatic rings. The van der Waals surface area contributed by atoms with Gasteiger partial charge in [-0.25, -0.2) is 33.0 Å². The number of hydrogen-bond donors (Lipinski definition) is 0. The first-order valence-electron chi connectivity index (χ1n) is 18.5. The second kappa shape index (κ2) is 14.0. The first-order valence-corrected chi connectivity index (χ1v) is 18.5. The zero-order chi connectivity index (χ0) is 41.1. The highest BCUT2D eigenvalue weighted by Gasteiger charge is 2.31. The summed E-state index contributed by atoms with van der Waals surface area (Å²) >= 11 is 0. The van der Waals surface area contributed by atoms with Gasteiger partial charge in [0.1, 0.15) is 80.2 Å². The highest BCUT2D eigenvalue weighted by molar-refractivity contribution is 6.22. The third-order valence-electron chi connectivity index (χ3n) is 10.4. The quantitative estimate of drug-likeness (QED) is 0.156. The van der Waals surface area contributed by atoms with Crippen LogP contribution in [-0.2, 0) is 0 Å². The predicted molar refractivity (Wildman–Crippen MR) is 222 cm³/mol. The summed E-state index contributed by atoms with van der Waals surface area (Å²) in [7, 11) is 0. The molecule has 0 N–H and O–H groups in total. The lowest BCUT2D eigenvalue weighted by Gasteiger charge is -2.12. The fraction of sp³-hybridized carbons (Fsp3) is 0. The number of nitriles is 2. The summed E-state index contributed by atoms with van der Waals surface area (Å²) in [6.07, 6.45) is 0. The van der Waals surface area contributed by atoms with Gasteiger partial charge in [-0.1, -0.05) is 66.7 Å². The molecule has 0 atom stereocenters. The first-order chi connectivity index (χ1) is 29.4. The van der Waals surface area contributed by atoms with Crippen molar-refractivity contribution in [2.75, 3.05) is 0 Å². The Balaban J connectivity index is 1.48. The SMILES string of the molecule is [C-]#[N+]c1ccc(-c2nc3c4c(nc(-c5ccc(C#N)c(F)c5)n4-c4ccccc4)c4c(nc(-c5ccc(C#N)c(F)c5)n4-c4ccccc4)c3n2-c2ccccc2)cc1F. The zero-order valence-electron chi connectivity index (χ0n) is 31.0. The molecular formula is C48H24F3N9. The zero-order valence-corrected chi connectivity index (χ0v) is 31.0. The molecule has 0 spiro atoms. The van der Waals surface area contributed by atoms with Crippen molar-refractivity contribution in [3.05, 3.63) is 186 Å². The van der Waals surface area contributed by atoms with E-state index in [1.165, 1.54) is 36.4 Å². The molecule has 0 aliphatic heterocycles. The Morgan fingerprint density at radius 1 is 0.450 bits per heavy atom. The van der Waals surface area contributed by atoms with Crippen LogP contribution in [0.15, 0.2) is 146 Å². The van der Waals surface area contributed by atoms with Crippen LogP contribution in [0.2, 0.25) is 0 Å². The molecule has 0 radical (unpaired) electrons. The van der Waals surface area contributed by atoms with Crippen LogP contribution >= 0.6 is 0 Å². The highest BCUT2D eigenvalue weighted by Crippen LogP contribution is 2.44. The number of aromatic nitrogens is 6. The van der Waals surface area contributed by atoms with Crippen LogP contribution in [0.25, 0.3) is 89.2 Å². The normalized spacial score (nSPS) is 11.2. The van der Waals surface area contributed by atoms with Gasteiger partial charge in [0.05, 0.1) is 17.7 Å². The smallest absolute Gasteiger partial charge is 0.222 e. The number of imidazole rings is 3. The van der Waals surface area contributed by atoms with Gasteiger partial charge >= 0.3 is 0 Å². The molecule has 0 bridgehead atoms. The van der Waals surface area contributed by atoms with Crippen LogP contribution in [0.3, 0.4) is 0 Å². The average Bonchev–Trinajstić information content (AvgIpc) is 4.00. The van der Waals surface area contributed by atoms with E-state index >= 15 is 13.2 Å². The van der Waals surface area contributed by atoms with Gasteiger partial charge < -0.3 is 0 Å². The van der Waals surface area contributed by atoms with E-state index in [0.717, 1.165) is 0 Å². The minimum Gasteiger partial charge on any atom is -0.290 e. The van der Waals surface area contributed by atoms with Crippen LogP contribution in [0.5, 0.6) is 0 Å². The van der Waals surface area contributed by atoms with Gasteiger partial charge in [0.15, 0.2) is 0 Å². The van der Waals surface area contributed by atoms with Gasteiger partial charge in [-0.2, -0.15) is 10.5 Å². The van der Waals surface area contributed by atoms with Crippen LogP contribution in [0, 0.1) is 46.7 Å². The number of para-hydroxylation sites is 3. The molecule has 0 aliphatic carbocycles. The molecule has 7 aromatic carbocycles. The molecule has 0 amide bonds. The first kappa shape index (κ1) is 35.6. The molecule has 0 fully saturated rings. The van der Waals surface area contributed by atoms with Crippen LogP contribution < -0.4 is 0 Å². The Kier molecular flexibility index (Phi) is 8.31. The van der Waals surface area contributed by atoms with Crippen molar-refractivity contribution in [2.45, 2.75) is 0 Å². The molecule has 60 heavy (non-hydrogen) atoms. The molecule has 9 nitrogen and oxygen atoms in total. The topological polar surface area (TPSA) is 105 Å². The summed E-state index contributed by atoms with van der Waals surface area (Å²) in [5, 5.41) is 19.2. The maximum atomic E-state index is 15.5. The standard InChI is InChI=1S/C48H24F3N9/c1-54-39-22-21-30(25-38(39)51)48-57-42-44-40(55-46(59(44)34-13-7-3-8-14-34)28-17-19-31(26-52)36(49)23-28)43-41(45(42)60(48)35-15-9-4-10-16-35)56-47(58(43)33-11-5-2-6-12-33)29-18-20-32(27-53)37(50)24-29/h2-25H. The molecule has 3 heterocycles. The third kappa shape index (κ3) is 5.50. The molecule has 3 aromatic heterocycles. The Morgan fingerprint density at radius 3 is 1.08 bits per heavy atom. The van der Waals surface area contributed by atoms with E-state index in [1.807, 2.05) is 117 Å². The van der Waals surface area contributed by atoms with Crippen molar-refractivity contribution in [1.29, 1.82) is 10.5 Å². The fourth-order valence-electron chi connectivity index (χ4n) is 7.70. The van der Waals surface area contributed by atoms with Crippen LogP contribution in [0.4, 0.5) is 18.9 Å². The summed E-state index contributed by atoms with van der Waals surface area (Å²) in [5.41, 5.74) is 5.36. The lowest BCUT2D eigenvalue weighted by atomic mass is 10.1. The maximum Gasteiger partial charge on any atom is 0.222 e. The minimum atomic E-state index is -0.725. The molecule has 10 aromatic rings. The van der Waals surface area contributed by atoms with Gasteiger partial charge in [0.25, 0.3) is 0 Å². The number of hydrogen-bond acceptors (Lipinski definition) is 5. The van der Waals surface area contributed by atoms with E-state index in [-0.39, 0.29) is 16.8 Å². The second-order valence-corrected chi connectivity index (χ2v) is 13.8. The Labute approximate surface area is 339 Å². The summed E-state index contributed by atoms with van der Waals surface area (Å²) in [6, 6.07) is 44.8. The van der Waals surface area contributed by atoms with Gasteiger partial charge in [0.2, 0.25) is 5.69 Å². The monoisotopic (exact) mass is 783 g/mol. The number of benzene rings is 7. The van der Waals surface area contributed by atoms with Crippen LogP contribution in [-0.4, -0.2) is 28.7 Å². The predicted octanol–water partition coefficient (Wildman–Crippen LogP) is 11.4. The molecule has 282 valence electrons. The van der Waals surface area contributed by atoms with Crippen molar-refractivity contribution in [3.8, 4) is 63.4 Å². The summed E-state index contributed by atoms with van der Waals surface area (Å²) < 4.78 is 52.2. The van der Waals surface area contributed by atoms with Gasteiger partial charge in [-0.15, -0.1) is 0 Å². The number of nitrogens with zero attached hydrogens (tertiary/aromatic N) is 9. The largest absolute Gasteiger partial charge is 0.290 e. The fourth-order valence-corrected chi connectivity index (χ4v) is 7.70. The van der Waals surface area contributed by atoms with Crippen molar-refractivity contribution >= 4 is 38.8 Å². The van der Waals surface area contributed by atoms with Gasteiger partial charge in [-0.3, -0.25) is 13.7 Å². The summed E-state index contributed by atoms with van der Waals surface area (Å²) in [5.74, 6) is -1.20. The number of fused-ring (bicyclic) bond motifs is 6. The van der Waals surface area contributed by atoms with E-state index < -0.39 is 17.5 Å². The third-order valence-corrected chi connectivity index (χ3v) is 10.4. The van der Waals surface area contributed by atoms with Crippen molar-refractivity contribution in [2.24, 2.45) is 0 Å². The average molecular weight is 784 g/mol. The maximum absolute atomic E-state index is 15.5. The molecule has 0 unspecified atom stereocenters. The van der Waals surface area contributed by atoms with Crippen molar-refractivity contribution in [3.63, 3.8) is 0 Å². The van der Waals surface area contributed by atoms with Crippen molar-refractivity contribution in [1.82, 2.24) is 28.7 Å². The molecule has 10 rings (SSSR count). The van der Waals surface area contributed by atoms with E-state index in [0.29, 0.717) is 84.3 Å². The molecule has 12 heteroatoms.